The lowest BCUT2D eigenvalue weighted by molar-refractivity contribution is 1.39. The molecule has 0 fully saturated rings. The van der Waals surface area contributed by atoms with Crippen molar-refractivity contribution >= 4 is 11.8 Å². The number of aryl methyl sites for hydroxylation is 2. The van der Waals surface area contributed by atoms with Crippen LogP contribution in [0.4, 0.5) is 0 Å². The zero-order valence-electron chi connectivity index (χ0n) is 15.6. The molecule has 0 heterocycles. The number of hydrogen-bond donors (Lipinski definition) is 0. The summed E-state index contributed by atoms with van der Waals surface area (Å²) in [5, 5.41) is 0. The molecule has 0 aliphatic heterocycles. The standard InChI is InChI=1S/C26H22S/c1-19-7-3-5-9-25(19)21-11-15-23(16-12-21)27-24-17-13-22(14-18-24)26-10-6-4-8-20(26)2/h3-18H,1-2H3. The molecule has 0 amide bonds. The van der Waals surface area contributed by atoms with Crippen molar-refractivity contribution in [3.8, 4) is 22.3 Å². The molecule has 0 atom stereocenters. The fourth-order valence-electron chi connectivity index (χ4n) is 3.33. The molecule has 4 aromatic rings. The molecule has 0 N–H and O–H groups in total. The first kappa shape index (κ1) is 17.6. The molecule has 0 unspecified atom stereocenters. The maximum absolute atomic E-state index is 2.21. The highest BCUT2D eigenvalue weighted by Crippen LogP contribution is 2.32. The van der Waals surface area contributed by atoms with Gasteiger partial charge in [-0.25, -0.2) is 0 Å². The van der Waals surface area contributed by atoms with Gasteiger partial charge in [0.05, 0.1) is 0 Å². The van der Waals surface area contributed by atoms with Gasteiger partial charge in [0.2, 0.25) is 0 Å². The van der Waals surface area contributed by atoms with Gasteiger partial charge in [0.1, 0.15) is 0 Å². The number of benzene rings is 4. The summed E-state index contributed by atoms with van der Waals surface area (Å²) in [6.45, 7) is 4.32. The molecule has 0 aromatic heterocycles. The van der Waals surface area contributed by atoms with Gasteiger partial charge in [0.15, 0.2) is 0 Å². The van der Waals surface area contributed by atoms with Crippen molar-refractivity contribution in [2.75, 3.05) is 0 Å². The zero-order valence-corrected chi connectivity index (χ0v) is 16.5. The van der Waals surface area contributed by atoms with Crippen LogP contribution in [0.3, 0.4) is 0 Å². The lowest BCUT2D eigenvalue weighted by Gasteiger charge is -2.09. The Morgan fingerprint density at radius 2 is 0.815 bits per heavy atom. The third-order valence-electron chi connectivity index (χ3n) is 4.86. The van der Waals surface area contributed by atoms with Crippen LogP contribution in [0.2, 0.25) is 0 Å². The van der Waals surface area contributed by atoms with Gasteiger partial charge >= 0.3 is 0 Å². The molecule has 0 nitrogen and oxygen atoms in total. The highest BCUT2D eigenvalue weighted by molar-refractivity contribution is 7.99. The van der Waals surface area contributed by atoms with Gasteiger partial charge in [-0.3, -0.25) is 0 Å². The maximum Gasteiger partial charge on any atom is 0.0122 e. The summed E-state index contributed by atoms with van der Waals surface area (Å²) in [4.78, 5) is 2.52. The predicted molar refractivity (Wildman–Crippen MR) is 117 cm³/mol. The van der Waals surface area contributed by atoms with E-state index in [1.54, 1.807) is 11.8 Å². The van der Waals surface area contributed by atoms with Gasteiger partial charge in [-0.15, -0.1) is 0 Å². The van der Waals surface area contributed by atoms with Crippen molar-refractivity contribution in [2.24, 2.45) is 0 Å². The van der Waals surface area contributed by atoms with Gasteiger partial charge in [-0.2, -0.15) is 0 Å². The van der Waals surface area contributed by atoms with E-state index < -0.39 is 0 Å². The van der Waals surface area contributed by atoms with E-state index in [0.717, 1.165) is 0 Å². The van der Waals surface area contributed by atoms with Gasteiger partial charge in [-0.05, 0) is 71.5 Å². The van der Waals surface area contributed by atoms with E-state index in [0.29, 0.717) is 0 Å². The Bertz CT molecular complexity index is 957. The number of rotatable bonds is 4. The summed E-state index contributed by atoms with van der Waals surface area (Å²) >= 11 is 1.80. The monoisotopic (exact) mass is 366 g/mol. The van der Waals surface area contributed by atoms with Crippen LogP contribution < -0.4 is 0 Å². The minimum atomic E-state index is 1.26. The van der Waals surface area contributed by atoms with Crippen molar-refractivity contribution in [1.29, 1.82) is 0 Å². The van der Waals surface area contributed by atoms with Crippen LogP contribution in [0.15, 0.2) is 107 Å². The van der Waals surface area contributed by atoms with Gasteiger partial charge in [-0.1, -0.05) is 84.6 Å². The first-order valence-corrected chi connectivity index (χ1v) is 10.0. The van der Waals surface area contributed by atoms with Crippen molar-refractivity contribution in [1.82, 2.24) is 0 Å². The molecule has 0 aliphatic carbocycles. The average Bonchev–Trinajstić information content (AvgIpc) is 2.70. The van der Waals surface area contributed by atoms with E-state index in [4.69, 9.17) is 0 Å². The minimum absolute atomic E-state index is 1.26. The fourth-order valence-corrected chi connectivity index (χ4v) is 4.15. The molecular formula is C26H22S. The largest absolute Gasteiger partial charge is 0.0901 e. The lowest BCUT2D eigenvalue weighted by atomic mass is 10.0. The highest BCUT2D eigenvalue weighted by atomic mass is 32.2. The van der Waals surface area contributed by atoms with E-state index in [1.165, 1.54) is 43.2 Å². The normalized spacial score (nSPS) is 10.7. The smallest absolute Gasteiger partial charge is 0.0122 e. The van der Waals surface area contributed by atoms with Crippen LogP contribution in [0, 0.1) is 13.8 Å². The molecule has 4 aromatic carbocycles. The van der Waals surface area contributed by atoms with Crippen molar-refractivity contribution in [3.63, 3.8) is 0 Å². The van der Waals surface area contributed by atoms with Gasteiger partial charge in [0, 0.05) is 9.79 Å². The second-order valence-corrected chi connectivity index (χ2v) is 7.93. The molecule has 132 valence electrons. The fraction of sp³-hybridized carbons (Fsp3) is 0.0769. The lowest BCUT2D eigenvalue weighted by Crippen LogP contribution is -1.83. The van der Waals surface area contributed by atoms with Crippen LogP contribution in [0.5, 0.6) is 0 Å². The molecule has 0 spiro atoms. The summed E-state index contributed by atoms with van der Waals surface area (Å²) in [6, 6.07) is 34.8. The Morgan fingerprint density at radius 1 is 0.444 bits per heavy atom. The molecule has 0 saturated carbocycles. The topological polar surface area (TPSA) is 0 Å². The van der Waals surface area contributed by atoms with Crippen molar-refractivity contribution in [3.05, 3.63) is 108 Å². The second kappa shape index (κ2) is 7.85. The van der Waals surface area contributed by atoms with E-state index in [1.807, 2.05) is 0 Å². The summed E-state index contributed by atoms with van der Waals surface area (Å²) in [6.07, 6.45) is 0. The predicted octanol–water partition coefficient (Wildman–Crippen LogP) is 7.79. The third kappa shape index (κ3) is 3.99. The average molecular weight is 367 g/mol. The molecule has 0 bridgehead atoms. The molecule has 1 heteroatoms. The first-order chi connectivity index (χ1) is 13.2. The Balaban J connectivity index is 1.51. The van der Waals surface area contributed by atoms with Gasteiger partial charge < -0.3 is 0 Å². The maximum atomic E-state index is 2.21. The minimum Gasteiger partial charge on any atom is -0.0901 e. The van der Waals surface area contributed by atoms with E-state index in [2.05, 4.69) is 111 Å². The van der Waals surface area contributed by atoms with E-state index >= 15 is 0 Å². The van der Waals surface area contributed by atoms with E-state index in [-0.39, 0.29) is 0 Å². The Labute approximate surface area is 165 Å². The van der Waals surface area contributed by atoms with Gasteiger partial charge in [0.25, 0.3) is 0 Å². The molecule has 0 radical (unpaired) electrons. The van der Waals surface area contributed by atoms with Crippen LogP contribution in [-0.2, 0) is 0 Å². The van der Waals surface area contributed by atoms with Crippen molar-refractivity contribution in [2.45, 2.75) is 23.6 Å². The summed E-state index contributed by atoms with van der Waals surface area (Å²) < 4.78 is 0. The number of hydrogen-bond acceptors (Lipinski definition) is 1. The van der Waals surface area contributed by atoms with Crippen LogP contribution >= 0.6 is 11.8 Å². The first-order valence-electron chi connectivity index (χ1n) is 9.21. The van der Waals surface area contributed by atoms with Crippen LogP contribution in [0.1, 0.15) is 11.1 Å². The van der Waals surface area contributed by atoms with E-state index in [9.17, 15) is 0 Å². The highest BCUT2D eigenvalue weighted by Gasteiger charge is 2.04. The summed E-state index contributed by atoms with van der Waals surface area (Å²) in [5.41, 5.74) is 7.77. The Kier molecular flexibility index (Phi) is 5.13. The molecule has 27 heavy (non-hydrogen) atoms. The molecule has 4 rings (SSSR count). The Hall–Kier alpha value is -2.77. The molecule has 0 aliphatic rings. The second-order valence-electron chi connectivity index (χ2n) is 6.78. The summed E-state index contributed by atoms with van der Waals surface area (Å²) in [5.74, 6) is 0. The Morgan fingerprint density at radius 3 is 1.19 bits per heavy atom. The van der Waals surface area contributed by atoms with Crippen LogP contribution in [-0.4, -0.2) is 0 Å². The quantitative estimate of drug-likeness (QED) is 0.355. The molecular weight excluding hydrogens is 344 g/mol. The van der Waals surface area contributed by atoms with Crippen molar-refractivity contribution < 1.29 is 0 Å². The molecule has 0 saturated heterocycles. The summed E-state index contributed by atoms with van der Waals surface area (Å²) in [7, 11) is 0. The SMILES string of the molecule is Cc1ccccc1-c1ccc(Sc2ccc(-c3ccccc3C)cc2)cc1. The zero-order chi connectivity index (χ0) is 18.6. The van der Waals surface area contributed by atoms with Crippen LogP contribution in [0.25, 0.3) is 22.3 Å². The third-order valence-corrected chi connectivity index (χ3v) is 5.87.